The van der Waals surface area contributed by atoms with Crippen LogP contribution in [-0.4, -0.2) is 35.7 Å². The molecule has 53 heavy (non-hydrogen) atoms. The van der Waals surface area contributed by atoms with Gasteiger partial charge in [0.15, 0.2) is 6.29 Å². The van der Waals surface area contributed by atoms with Crippen molar-refractivity contribution >= 4 is 22.5 Å². The van der Waals surface area contributed by atoms with Crippen LogP contribution in [0.4, 0.5) is 10.5 Å². The van der Waals surface area contributed by atoms with Crippen molar-refractivity contribution < 1.29 is 24.1 Å². The van der Waals surface area contributed by atoms with Crippen molar-refractivity contribution in [2.75, 3.05) is 18.9 Å². The molecule has 1 aliphatic rings. The third kappa shape index (κ3) is 9.30. The molecule has 0 bridgehead atoms. The van der Waals surface area contributed by atoms with E-state index < -0.39 is 6.29 Å². The molecule has 270 valence electrons. The smallest absolute Gasteiger partial charge is 0.319 e. The zero-order valence-electron chi connectivity index (χ0n) is 30.0. The maximum atomic E-state index is 12.7. The number of amides is 2. The largest absolute Gasteiger partial charge is 0.457 e. The molecular formula is C45H45N3O5. The van der Waals surface area contributed by atoms with Gasteiger partial charge < -0.3 is 30.0 Å². The number of urea groups is 1. The molecule has 7 rings (SSSR count). The SMILES string of the molecule is CC(c1ccc2ccccc2c1)N(C)CC1CC(c2ccc(CO)cc2)OC(c2ccc(CNC(=O)Nc3ccc(Oc4ccccc4)cc3)cc2)O1. The number of carbonyl (C=O) groups is 1. The minimum atomic E-state index is -0.570. The quantitative estimate of drug-likeness (QED) is 0.117. The standard InChI is InChI=1S/C45H45N3O5/c1-31(37-21-20-34-8-6-7-9-38(34)26-37)48(2)29-42-27-43(35-16-14-33(30-49)15-17-35)53-44(52-42)36-18-12-32(13-19-36)28-46-45(50)47-39-22-24-41(25-23-39)51-40-10-4-3-5-11-40/h3-26,31,42-44,49H,27-30H2,1-2H3,(H2,46,47,50). The van der Waals surface area contributed by atoms with E-state index >= 15 is 0 Å². The Morgan fingerprint density at radius 1 is 0.774 bits per heavy atom. The maximum absolute atomic E-state index is 12.7. The Morgan fingerprint density at radius 3 is 2.17 bits per heavy atom. The Labute approximate surface area is 311 Å². The normalized spacial score (nSPS) is 17.7. The Kier molecular flexibility index (Phi) is 11.4. The number of aliphatic hydroxyl groups is 1. The van der Waals surface area contributed by atoms with E-state index in [-0.39, 0.29) is 30.9 Å². The summed E-state index contributed by atoms with van der Waals surface area (Å²) in [5.41, 5.74) is 5.69. The lowest BCUT2D eigenvalue weighted by Crippen LogP contribution is -2.38. The average molecular weight is 708 g/mol. The van der Waals surface area contributed by atoms with Crippen molar-refractivity contribution in [2.45, 2.75) is 51.0 Å². The van der Waals surface area contributed by atoms with Crippen LogP contribution < -0.4 is 15.4 Å². The summed E-state index contributed by atoms with van der Waals surface area (Å²) in [7, 11) is 2.15. The third-order valence-electron chi connectivity index (χ3n) is 9.82. The van der Waals surface area contributed by atoms with Gasteiger partial charge in [-0.05, 0) is 89.5 Å². The Bertz CT molecular complexity index is 2090. The van der Waals surface area contributed by atoms with Crippen LogP contribution in [0.25, 0.3) is 10.8 Å². The molecule has 8 heteroatoms. The van der Waals surface area contributed by atoms with Crippen molar-refractivity contribution in [3.8, 4) is 11.5 Å². The summed E-state index contributed by atoms with van der Waals surface area (Å²) < 4.78 is 19.1. The number of likely N-dealkylation sites (N-methyl/N-ethyl adjacent to an activating group) is 1. The Hall–Kier alpha value is -5.51. The molecule has 1 fully saturated rings. The van der Waals surface area contributed by atoms with Crippen LogP contribution in [0.2, 0.25) is 0 Å². The molecule has 4 atom stereocenters. The first kappa shape index (κ1) is 35.9. The molecule has 3 N–H and O–H groups in total. The second kappa shape index (κ2) is 16.9. The molecule has 0 saturated carbocycles. The highest BCUT2D eigenvalue weighted by atomic mass is 16.7. The van der Waals surface area contributed by atoms with Gasteiger partial charge in [-0.2, -0.15) is 0 Å². The lowest BCUT2D eigenvalue weighted by Gasteiger charge is -2.39. The molecule has 0 aromatic heterocycles. The molecule has 0 aliphatic carbocycles. The van der Waals surface area contributed by atoms with Crippen LogP contribution in [0.5, 0.6) is 11.5 Å². The van der Waals surface area contributed by atoms with Crippen LogP contribution in [0.15, 0.2) is 146 Å². The second-order valence-electron chi connectivity index (χ2n) is 13.6. The van der Waals surface area contributed by atoms with Gasteiger partial charge in [-0.25, -0.2) is 4.79 Å². The Morgan fingerprint density at radius 2 is 1.43 bits per heavy atom. The minimum Gasteiger partial charge on any atom is -0.457 e. The van der Waals surface area contributed by atoms with E-state index in [1.165, 1.54) is 16.3 Å². The van der Waals surface area contributed by atoms with E-state index in [0.29, 0.717) is 24.4 Å². The van der Waals surface area contributed by atoms with E-state index in [9.17, 15) is 9.90 Å². The predicted octanol–water partition coefficient (Wildman–Crippen LogP) is 9.68. The number of hydrogen-bond donors (Lipinski definition) is 3. The van der Waals surface area contributed by atoms with Crippen molar-refractivity contribution in [3.63, 3.8) is 0 Å². The zero-order valence-corrected chi connectivity index (χ0v) is 30.0. The number of para-hydroxylation sites is 1. The fourth-order valence-corrected chi connectivity index (χ4v) is 6.62. The van der Waals surface area contributed by atoms with E-state index in [1.54, 1.807) is 12.1 Å². The summed E-state index contributed by atoms with van der Waals surface area (Å²) in [4.78, 5) is 15.0. The summed E-state index contributed by atoms with van der Waals surface area (Å²) in [6.07, 6.45) is -0.142. The van der Waals surface area contributed by atoms with E-state index in [4.69, 9.17) is 14.2 Å². The van der Waals surface area contributed by atoms with Crippen molar-refractivity contribution in [3.05, 3.63) is 173 Å². The van der Waals surface area contributed by atoms with E-state index in [2.05, 4.69) is 72.0 Å². The number of anilines is 1. The number of rotatable bonds is 12. The molecular weight excluding hydrogens is 663 g/mol. The van der Waals surface area contributed by atoms with Gasteiger partial charge in [0.2, 0.25) is 0 Å². The van der Waals surface area contributed by atoms with Crippen molar-refractivity contribution in [1.29, 1.82) is 0 Å². The number of ether oxygens (including phenoxy) is 3. The molecule has 0 spiro atoms. The summed E-state index contributed by atoms with van der Waals surface area (Å²) in [5, 5.41) is 17.9. The molecule has 2 amide bonds. The number of nitrogens with one attached hydrogen (secondary N) is 2. The highest BCUT2D eigenvalue weighted by Crippen LogP contribution is 2.39. The van der Waals surface area contributed by atoms with Crippen molar-refractivity contribution in [2.24, 2.45) is 0 Å². The van der Waals surface area contributed by atoms with E-state index in [1.807, 2.05) is 91.0 Å². The zero-order chi connectivity index (χ0) is 36.6. The molecule has 8 nitrogen and oxygen atoms in total. The fraction of sp³-hybridized carbons (Fsp3) is 0.222. The van der Waals surface area contributed by atoms with Gasteiger partial charge in [-0.3, -0.25) is 4.90 Å². The van der Waals surface area contributed by atoms with Gasteiger partial charge in [-0.15, -0.1) is 0 Å². The van der Waals surface area contributed by atoms with Crippen LogP contribution in [-0.2, 0) is 22.6 Å². The van der Waals surface area contributed by atoms with Gasteiger partial charge in [0.05, 0.1) is 18.8 Å². The first-order chi connectivity index (χ1) is 25.9. The van der Waals surface area contributed by atoms with Gasteiger partial charge >= 0.3 is 6.03 Å². The van der Waals surface area contributed by atoms with Gasteiger partial charge in [0.1, 0.15) is 11.5 Å². The topological polar surface area (TPSA) is 92.3 Å². The first-order valence-corrected chi connectivity index (χ1v) is 18.1. The number of hydrogen-bond acceptors (Lipinski definition) is 6. The lowest BCUT2D eigenvalue weighted by atomic mass is 9.98. The number of carbonyl (C=O) groups excluding carboxylic acids is 1. The molecule has 1 saturated heterocycles. The summed E-state index contributed by atoms with van der Waals surface area (Å²) in [5.74, 6) is 1.44. The molecule has 6 aromatic rings. The minimum absolute atomic E-state index is 0.00179. The van der Waals surface area contributed by atoms with Gasteiger partial charge in [0, 0.05) is 36.8 Å². The fourth-order valence-electron chi connectivity index (χ4n) is 6.62. The van der Waals surface area contributed by atoms with E-state index in [0.717, 1.165) is 34.5 Å². The van der Waals surface area contributed by atoms with Crippen LogP contribution in [0.1, 0.15) is 59.6 Å². The summed E-state index contributed by atoms with van der Waals surface area (Å²) in [6, 6.07) is 47.7. The summed E-state index contributed by atoms with van der Waals surface area (Å²) in [6.45, 7) is 3.31. The summed E-state index contributed by atoms with van der Waals surface area (Å²) >= 11 is 0. The molecule has 4 unspecified atom stereocenters. The lowest BCUT2D eigenvalue weighted by molar-refractivity contribution is -0.253. The number of fused-ring (bicyclic) bond motifs is 1. The molecule has 6 aromatic carbocycles. The van der Waals surface area contributed by atoms with Gasteiger partial charge in [0.25, 0.3) is 0 Å². The number of benzene rings is 6. The second-order valence-corrected chi connectivity index (χ2v) is 13.6. The maximum Gasteiger partial charge on any atom is 0.319 e. The van der Waals surface area contributed by atoms with Crippen LogP contribution >= 0.6 is 0 Å². The first-order valence-electron chi connectivity index (χ1n) is 18.1. The third-order valence-corrected chi connectivity index (χ3v) is 9.82. The molecule has 1 heterocycles. The highest BCUT2D eigenvalue weighted by molar-refractivity contribution is 5.89. The van der Waals surface area contributed by atoms with Crippen LogP contribution in [0, 0.1) is 0 Å². The molecule has 1 aliphatic heterocycles. The number of nitrogens with zero attached hydrogens (tertiary/aromatic N) is 1. The highest BCUT2D eigenvalue weighted by Gasteiger charge is 2.33. The van der Waals surface area contributed by atoms with Crippen LogP contribution in [0.3, 0.4) is 0 Å². The average Bonchev–Trinajstić information content (AvgIpc) is 3.21. The van der Waals surface area contributed by atoms with Crippen molar-refractivity contribution in [1.82, 2.24) is 10.2 Å². The van der Waals surface area contributed by atoms with Gasteiger partial charge in [-0.1, -0.05) is 103 Å². The predicted molar refractivity (Wildman–Crippen MR) is 209 cm³/mol. The Balaban J connectivity index is 0.978. The monoisotopic (exact) mass is 707 g/mol. The number of aliphatic hydroxyl groups excluding tert-OH is 1. The molecule has 0 radical (unpaired) electrons.